The first-order chi connectivity index (χ1) is 14.0. The highest BCUT2D eigenvalue weighted by molar-refractivity contribution is 7.90. The third-order valence-electron chi connectivity index (χ3n) is 5.65. The van der Waals surface area contributed by atoms with Gasteiger partial charge in [0.05, 0.1) is 10.6 Å². The van der Waals surface area contributed by atoms with Crippen LogP contribution in [0, 0.1) is 6.92 Å². The Kier molecular flexibility index (Phi) is 4.96. The minimum Gasteiger partial charge on any atom is -0.382 e. The maximum absolute atomic E-state index is 13.5. The van der Waals surface area contributed by atoms with Crippen LogP contribution >= 0.6 is 0 Å². The standard InChI is InChI=1S/C21H23F2N3O3S/c1-13-11-18(26-10-9-24-20(27)19(13)26)16-12-15(30(2,28)29)3-4-17(16)25-14-5-7-21(22,23)8-6-14/h3-4,9-12,14,25H,5-8H2,1-2H3,(H,24,27). The molecular weight excluding hydrogens is 412 g/mol. The number of alkyl halides is 2. The summed E-state index contributed by atoms with van der Waals surface area (Å²) >= 11 is 0. The second-order valence-electron chi connectivity index (χ2n) is 7.97. The van der Waals surface area contributed by atoms with Crippen LogP contribution in [0.15, 0.2) is 46.3 Å². The van der Waals surface area contributed by atoms with Crippen molar-refractivity contribution >= 4 is 21.0 Å². The monoisotopic (exact) mass is 435 g/mol. The smallest absolute Gasteiger partial charge is 0.272 e. The molecule has 0 radical (unpaired) electrons. The molecule has 0 spiro atoms. The number of aromatic amines is 1. The van der Waals surface area contributed by atoms with Gasteiger partial charge < -0.3 is 14.7 Å². The van der Waals surface area contributed by atoms with Crippen molar-refractivity contribution in [3.63, 3.8) is 0 Å². The van der Waals surface area contributed by atoms with Crippen molar-refractivity contribution in [3.8, 4) is 11.3 Å². The van der Waals surface area contributed by atoms with Crippen LogP contribution in [0.3, 0.4) is 0 Å². The normalized spacial score (nSPS) is 17.3. The predicted octanol–water partition coefficient (Wildman–Crippen LogP) is 4.00. The fourth-order valence-electron chi connectivity index (χ4n) is 4.06. The first-order valence-electron chi connectivity index (χ1n) is 9.73. The number of rotatable bonds is 4. The van der Waals surface area contributed by atoms with E-state index in [1.54, 1.807) is 22.7 Å². The van der Waals surface area contributed by atoms with E-state index < -0.39 is 15.8 Å². The molecule has 0 amide bonds. The van der Waals surface area contributed by atoms with Crippen LogP contribution in [0.1, 0.15) is 31.2 Å². The predicted molar refractivity (Wildman–Crippen MR) is 112 cm³/mol. The summed E-state index contributed by atoms with van der Waals surface area (Å²) in [7, 11) is -3.46. The molecule has 9 heteroatoms. The van der Waals surface area contributed by atoms with Gasteiger partial charge >= 0.3 is 0 Å². The number of halogens is 2. The lowest BCUT2D eigenvalue weighted by atomic mass is 9.92. The minimum atomic E-state index is -3.46. The molecule has 6 nitrogen and oxygen atoms in total. The second kappa shape index (κ2) is 7.23. The highest BCUT2D eigenvalue weighted by Crippen LogP contribution is 2.37. The quantitative estimate of drug-likeness (QED) is 0.649. The number of sulfone groups is 1. The van der Waals surface area contributed by atoms with Gasteiger partial charge in [-0.05, 0) is 49.6 Å². The average molecular weight is 435 g/mol. The van der Waals surface area contributed by atoms with E-state index in [9.17, 15) is 22.0 Å². The molecule has 4 rings (SSSR count). The van der Waals surface area contributed by atoms with E-state index in [1.807, 2.05) is 13.0 Å². The van der Waals surface area contributed by atoms with Crippen LogP contribution < -0.4 is 10.9 Å². The Hall–Kier alpha value is -2.68. The molecule has 0 aliphatic heterocycles. The Morgan fingerprint density at radius 2 is 1.90 bits per heavy atom. The zero-order valence-corrected chi connectivity index (χ0v) is 17.5. The van der Waals surface area contributed by atoms with E-state index in [0.717, 1.165) is 11.8 Å². The SMILES string of the molecule is Cc1cc(-c2cc(S(C)(=O)=O)ccc2NC2CCC(F)(F)CC2)n2cc[nH]c(=O)c12. The van der Waals surface area contributed by atoms with E-state index in [2.05, 4.69) is 10.3 Å². The molecule has 1 aromatic carbocycles. The van der Waals surface area contributed by atoms with E-state index >= 15 is 0 Å². The van der Waals surface area contributed by atoms with Crippen molar-refractivity contribution < 1.29 is 17.2 Å². The minimum absolute atomic E-state index is 0.136. The topological polar surface area (TPSA) is 83.4 Å². The zero-order chi connectivity index (χ0) is 21.7. The Balaban J connectivity index is 1.83. The van der Waals surface area contributed by atoms with Crippen molar-refractivity contribution in [1.82, 2.24) is 9.38 Å². The van der Waals surface area contributed by atoms with Crippen LogP contribution in [-0.4, -0.2) is 36.0 Å². The van der Waals surface area contributed by atoms with Crippen LogP contribution in [-0.2, 0) is 9.84 Å². The number of aromatic nitrogens is 2. The average Bonchev–Trinajstić information content (AvgIpc) is 3.01. The lowest BCUT2D eigenvalue weighted by Crippen LogP contribution is -2.32. The molecule has 1 aliphatic carbocycles. The van der Waals surface area contributed by atoms with E-state index in [1.165, 1.54) is 12.3 Å². The number of nitrogens with one attached hydrogen (secondary N) is 2. The van der Waals surface area contributed by atoms with Gasteiger partial charge in [-0.2, -0.15) is 0 Å². The highest BCUT2D eigenvalue weighted by Gasteiger charge is 2.35. The summed E-state index contributed by atoms with van der Waals surface area (Å²) < 4.78 is 53.1. The lowest BCUT2D eigenvalue weighted by Gasteiger charge is -2.30. The van der Waals surface area contributed by atoms with Crippen molar-refractivity contribution in [2.24, 2.45) is 0 Å². The number of H-pyrrole nitrogens is 1. The maximum Gasteiger partial charge on any atom is 0.272 e. The summed E-state index contributed by atoms with van der Waals surface area (Å²) in [5.41, 5.74) is 2.88. The Labute approximate surface area is 172 Å². The number of hydrogen-bond donors (Lipinski definition) is 2. The molecule has 1 aliphatic rings. The molecular formula is C21H23F2N3O3S. The van der Waals surface area contributed by atoms with Gasteiger partial charge in [0.25, 0.3) is 5.56 Å². The number of hydrogen-bond acceptors (Lipinski definition) is 4. The number of nitrogens with zero attached hydrogens (tertiary/aromatic N) is 1. The summed E-state index contributed by atoms with van der Waals surface area (Å²) in [6, 6.07) is 6.43. The zero-order valence-electron chi connectivity index (χ0n) is 16.7. The van der Waals surface area contributed by atoms with Crippen molar-refractivity contribution in [1.29, 1.82) is 0 Å². The molecule has 0 atom stereocenters. The van der Waals surface area contributed by atoms with Crippen LogP contribution in [0.5, 0.6) is 0 Å². The molecule has 0 bridgehead atoms. The van der Waals surface area contributed by atoms with Gasteiger partial charge in [0, 0.05) is 48.8 Å². The first-order valence-corrected chi connectivity index (χ1v) is 11.6. The molecule has 0 saturated heterocycles. The molecule has 2 heterocycles. The van der Waals surface area contributed by atoms with Gasteiger partial charge in [0.15, 0.2) is 9.84 Å². The van der Waals surface area contributed by atoms with Gasteiger partial charge in [-0.3, -0.25) is 4.79 Å². The van der Waals surface area contributed by atoms with Gasteiger partial charge in [0.2, 0.25) is 5.92 Å². The summed E-state index contributed by atoms with van der Waals surface area (Å²) in [4.78, 5) is 15.1. The van der Waals surface area contributed by atoms with Gasteiger partial charge in [0.1, 0.15) is 5.52 Å². The van der Waals surface area contributed by atoms with Crippen LogP contribution in [0.25, 0.3) is 16.8 Å². The molecule has 30 heavy (non-hydrogen) atoms. The summed E-state index contributed by atoms with van der Waals surface area (Å²) in [5.74, 6) is -2.63. The van der Waals surface area contributed by atoms with E-state index in [0.29, 0.717) is 35.3 Å². The number of aryl methyl sites for hydroxylation is 1. The first kappa shape index (κ1) is 20.6. The van der Waals surface area contributed by atoms with Gasteiger partial charge in [-0.25, -0.2) is 17.2 Å². The molecule has 2 aromatic heterocycles. The summed E-state index contributed by atoms with van der Waals surface area (Å²) in [6.07, 6.45) is 4.66. The number of anilines is 1. The summed E-state index contributed by atoms with van der Waals surface area (Å²) in [5, 5.41) is 3.33. The summed E-state index contributed by atoms with van der Waals surface area (Å²) in [6.45, 7) is 1.81. The fourth-order valence-corrected chi connectivity index (χ4v) is 4.70. The van der Waals surface area contributed by atoms with E-state index in [-0.39, 0.29) is 29.3 Å². The molecule has 1 saturated carbocycles. The van der Waals surface area contributed by atoms with Crippen molar-refractivity contribution in [2.75, 3.05) is 11.6 Å². The number of fused-ring (bicyclic) bond motifs is 1. The Bertz CT molecular complexity index is 1270. The lowest BCUT2D eigenvalue weighted by molar-refractivity contribution is -0.0360. The van der Waals surface area contributed by atoms with Crippen LogP contribution in [0.2, 0.25) is 0 Å². The third kappa shape index (κ3) is 3.86. The van der Waals surface area contributed by atoms with Crippen molar-refractivity contribution in [3.05, 3.63) is 52.6 Å². The Morgan fingerprint density at radius 1 is 1.20 bits per heavy atom. The maximum atomic E-state index is 13.5. The van der Waals surface area contributed by atoms with Crippen LogP contribution in [0.4, 0.5) is 14.5 Å². The van der Waals surface area contributed by atoms with E-state index in [4.69, 9.17) is 0 Å². The van der Waals surface area contributed by atoms with Crippen molar-refractivity contribution in [2.45, 2.75) is 49.5 Å². The van der Waals surface area contributed by atoms with Gasteiger partial charge in [-0.15, -0.1) is 0 Å². The molecule has 2 N–H and O–H groups in total. The molecule has 0 unspecified atom stereocenters. The number of benzene rings is 1. The highest BCUT2D eigenvalue weighted by atomic mass is 32.2. The fraction of sp³-hybridized carbons (Fsp3) is 0.381. The molecule has 1 fully saturated rings. The Morgan fingerprint density at radius 3 is 2.57 bits per heavy atom. The van der Waals surface area contributed by atoms with Gasteiger partial charge in [-0.1, -0.05) is 0 Å². The second-order valence-corrected chi connectivity index (χ2v) is 9.99. The largest absolute Gasteiger partial charge is 0.382 e. The third-order valence-corrected chi connectivity index (χ3v) is 6.76. The molecule has 3 aromatic rings. The molecule has 160 valence electrons.